The Balaban J connectivity index is 1.61. The van der Waals surface area contributed by atoms with Crippen molar-refractivity contribution in [2.24, 2.45) is 0 Å². The molecule has 0 atom stereocenters. The smallest absolute Gasteiger partial charge is 0.252 e. The Morgan fingerprint density at radius 2 is 1.93 bits per heavy atom. The number of halogens is 1. The predicted molar refractivity (Wildman–Crippen MR) is 103 cm³/mol. The topological polar surface area (TPSA) is 61.0 Å². The van der Waals surface area contributed by atoms with Gasteiger partial charge in [0.05, 0.1) is 11.7 Å². The number of rotatable bonds is 5. The second-order valence-electron chi connectivity index (χ2n) is 7.16. The molecule has 0 aliphatic heterocycles. The monoisotopic (exact) mass is 364 g/mol. The molecule has 5 nitrogen and oxygen atoms in total. The zero-order valence-electron chi connectivity index (χ0n) is 15.3. The molecule has 6 heteroatoms. The van der Waals surface area contributed by atoms with Gasteiger partial charge in [-0.3, -0.25) is 9.89 Å². The molecule has 1 fully saturated rings. The fourth-order valence-electron chi connectivity index (χ4n) is 3.35. The Morgan fingerprint density at radius 1 is 1.19 bits per heavy atom. The Morgan fingerprint density at radius 3 is 2.52 bits per heavy atom. The first-order valence-electron chi connectivity index (χ1n) is 8.88. The van der Waals surface area contributed by atoms with E-state index in [4.69, 9.17) is 0 Å². The predicted octanol–water partition coefficient (Wildman–Crippen LogP) is 3.70. The number of nitrogens with zero attached hydrogens (tertiary/aromatic N) is 2. The summed E-state index contributed by atoms with van der Waals surface area (Å²) >= 11 is 0. The highest BCUT2D eigenvalue weighted by Crippen LogP contribution is 2.45. The van der Waals surface area contributed by atoms with Gasteiger partial charge in [-0.25, -0.2) is 4.39 Å². The Labute approximate surface area is 157 Å². The number of aromatic nitrogens is 2. The molecule has 0 bridgehead atoms. The van der Waals surface area contributed by atoms with Crippen LogP contribution in [0.4, 0.5) is 10.1 Å². The Kier molecular flexibility index (Phi) is 4.18. The lowest BCUT2D eigenvalue weighted by Crippen LogP contribution is -2.35. The van der Waals surface area contributed by atoms with Gasteiger partial charge in [0.2, 0.25) is 0 Å². The molecular weight excluding hydrogens is 343 g/mol. The van der Waals surface area contributed by atoms with Crippen molar-refractivity contribution < 1.29 is 9.18 Å². The van der Waals surface area contributed by atoms with E-state index in [1.54, 1.807) is 18.3 Å². The molecule has 1 aliphatic carbocycles. The summed E-state index contributed by atoms with van der Waals surface area (Å²) in [5.41, 5.74) is 4.07. The van der Waals surface area contributed by atoms with Gasteiger partial charge in [0.1, 0.15) is 5.82 Å². The highest BCUT2D eigenvalue weighted by atomic mass is 19.1. The first-order valence-corrected chi connectivity index (χ1v) is 8.88. The number of H-pyrrole nitrogens is 1. The molecule has 3 aromatic rings. The molecule has 1 aliphatic rings. The SMILES string of the molecule is CN(C)c1cc(C(=O)NC2(c3ccc(F)cc3)CC2)ccc1-c1cn[nH]c1. The summed E-state index contributed by atoms with van der Waals surface area (Å²) in [5.74, 6) is -0.398. The number of hydrogen-bond donors (Lipinski definition) is 2. The fourth-order valence-corrected chi connectivity index (χ4v) is 3.35. The second-order valence-corrected chi connectivity index (χ2v) is 7.16. The summed E-state index contributed by atoms with van der Waals surface area (Å²) in [6.45, 7) is 0. The lowest BCUT2D eigenvalue weighted by Gasteiger charge is -2.21. The van der Waals surface area contributed by atoms with Crippen LogP contribution in [-0.4, -0.2) is 30.2 Å². The standard InChI is InChI=1S/C21H21FN4O/c1-26(2)19-11-14(3-8-18(19)15-12-23-24-13-15)20(27)25-21(9-10-21)16-4-6-17(22)7-5-16/h3-8,11-13H,9-10H2,1-2H3,(H,23,24)(H,25,27). The number of benzene rings is 2. The highest BCUT2D eigenvalue weighted by molar-refractivity contribution is 5.97. The van der Waals surface area contributed by atoms with Crippen molar-refractivity contribution in [3.8, 4) is 11.1 Å². The van der Waals surface area contributed by atoms with Crippen molar-refractivity contribution in [1.82, 2.24) is 15.5 Å². The number of amides is 1. The quantitative estimate of drug-likeness (QED) is 0.726. The maximum atomic E-state index is 13.2. The van der Waals surface area contributed by atoms with Crippen molar-refractivity contribution in [1.29, 1.82) is 0 Å². The van der Waals surface area contributed by atoms with Crippen LogP contribution in [0.5, 0.6) is 0 Å². The summed E-state index contributed by atoms with van der Waals surface area (Å²) in [7, 11) is 3.89. The number of carbonyl (C=O) groups is 1. The van der Waals surface area contributed by atoms with Gasteiger partial charge in [-0.1, -0.05) is 18.2 Å². The van der Waals surface area contributed by atoms with Crippen molar-refractivity contribution in [3.63, 3.8) is 0 Å². The number of nitrogens with one attached hydrogen (secondary N) is 2. The minimum atomic E-state index is -0.383. The zero-order chi connectivity index (χ0) is 19.0. The summed E-state index contributed by atoms with van der Waals surface area (Å²) in [5, 5.41) is 9.96. The largest absolute Gasteiger partial charge is 0.377 e. The average Bonchev–Trinajstić information content (AvgIpc) is 3.23. The number of carbonyl (C=O) groups excluding carboxylic acids is 1. The third kappa shape index (κ3) is 3.30. The van der Waals surface area contributed by atoms with Gasteiger partial charge in [-0.05, 0) is 42.7 Å². The van der Waals surface area contributed by atoms with Crippen molar-refractivity contribution in [3.05, 3.63) is 71.8 Å². The van der Waals surface area contributed by atoms with E-state index in [1.807, 2.05) is 43.4 Å². The normalized spacial score (nSPS) is 14.6. The first-order chi connectivity index (χ1) is 13.0. The molecule has 1 aromatic heterocycles. The minimum Gasteiger partial charge on any atom is -0.377 e. The summed E-state index contributed by atoms with van der Waals surface area (Å²) in [6.07, 6.45) is 5.31. The Bertz CT molecular complexity index is 960. The van der Waals surface area contributed by atoms with Gasteiger partial charge in [-0.15, -0.1) is 0 Å². The van der Waals surface area contributed by atoms with E-state index in [-0.39, 0.29) is 17.3 Å². The van der Waals surface area contributed by atoms with Gasteiger partial charge in [0.15, 0.2) is 0 Å². The Hall–Kier alpha value is -3.15. The van der Waals surface area contributed by atoms with Crippen LogP contribution >= 0.6 is 0 Å². The van der Waals surface area contributed by atoms with Crippen LogP contribution < -0.4 is 10.2 Å². The molecule has 1 amide bonds. The third-order valence-electron chi connectivity index (χ3n) is 5.05. The maximum Gasteiger partial charge on any atom is 0.252 e. The first kappa shape index (κ1) is 17.3. The zero-order valence-corrected chi connectivity index (χ0v) is 15.3. The second kappa shape index (κ2) is 6.54. The van der Waals surface area contributed by atoms with Crippen molar-refractivity contribution >= 4 is 11.6 Å². The van der Waals surface area contributed by atoms with Crippen LogP contribution in [0.2, 0.25) is 0 Å². The van der Waals surface area contributed by atoms with E-state index in [2.05, 4.69) is 15.5 Å². The van der Waals surface area contributed by atoms with Gasteiger partial charge >= 0.3 is 0 Å². The van der Waals surface area contributed by atoms with Crippen LogP contribution in [0.1, 0.15) is 28.8 Å². The molecule has 4 rings (SSSR count). The average molecular weight is 364 g/mol. The van der Waals surface area contributed by atoms with E-state index in [9.17, 15) is 9.18 Å². The fraction of sp³-hybridized carbons (Fsp3) is 0.238. The van der Waals surface area contributed by atoms with E-state index in [0.717, 1.165) is 35.2 Å². The highest BCUT2D eigenvalue weighted by Gasteiger charge is 2.45. The van der Waals surface area contributed by atoms with Crippen LogP contribution in [-0.2, 0) is 5.54 Å². The van der Waals surface area contributed by atoms with Crippen molar-refractivity contribution in [2.75, 3.05) is 19.0 Å². The third-order valence-corrected chi connectivity index (χ3v) is 5.05. The van der Waals surface area contributed by atoms with Crippen LogP contribution in [0, 0.1) is 5.82 Å². The lowest BCUT2D eigenvalue weighted by atomic mass is 10.0. The van der Waals surface area contributed by atoms with Gasteiger partial charge in [0, 0.05) is 42.7 Å². The summed E-state index contributed by atoms with van der Waals surface area (Å²) < 4.78 is 13.2. The molecule has 0 radical (unpaired) electrons. The lowest BCUT2D eigenvalue weighted by molar-refractivity contribution is 0.0931. The minimum absolute atomic E-state index is 0.126. The summed E-state index contributed by atoms with van der Waals surface area (Å²) in [4.78, 5) is 14.9. The van der Waals surface area contributed by atoms with E-state index in [0.29, 0.717) is 5.56 Å². The molecule has 2 aromatic carbocycles. The maximum absolute atomic E-state index is 13.2. The molecule has 1 saturated carbocycles. The van der Waals surface area contributed by atoms with E-state index >= 15 is 0 Å². The van der Waals surface area contributed by atoms with Gasteiger partial charge < -0.3 is 10.2 Å². The van der Waals surface area contributed by atoms with E-state index < -0.39 is 0 Å². The van der Waals surface area contributed by atoms with E-state index in [1.165, 1.54) is 12.1 Å². The number of hydrogen-bond acceptors (Lipinski definition) is 3. The number of aromatic amines is 1. The van der Waals surface area contributed by atoms with Crippen LogP contribution in [0.15, 0.2) is 54.9 Å². The van der Waals surface area contributed by atoms with Gasteiger partial charge in [-0.2, -0.15) is 5.10 Å². The molecule has 27 heavy (non-hydrogen) atoms. The molecule has 0 saturated heterocycles. The molecule has 2 N–H and O–H groups in total. The molecular formula is C21H21FN4O. The number of anilines is 1. The van der Waals surface area contributed by atoms with Crippen LogP contribution in [0.3, 0.4) is 0 Å². The van der Waals surface area contributed by atoms with Crippen LogP contribution in [0.25, 0.3) is 11.1 Å². The molecule has 1 heterocycles. The molecule has 0 spiro atoms. The van der Waals surface area contributed by atoms with Crippen molar-refractivity contribution in [2.45, 2.75) is 18.4 Å². The van der Waals surface area contributed by atoms with Gasteiger partial charge in [0.25, 0.3) is 5.91 Å². The summed E-state index contributed by atoms with van der Waals surface area (Å²) in [6, 6.07) is 12.0. The molecule has 0 unspecified atom stereocenters. The molecule has 138 valence electrons.